The van der Waals surface area contributed by atoms with Crippen molar-refractivity contribution >= 4 is 17.6 Å². The van der Waals surface area contributed by atoms with E-state index in [1.165, 1.54) is 5.56 Å². The van der Waals surface area contributed by atoms with Gasteiger partial charge < -0.3 is 15.1 Å². The van der Waals surface area contributed by atoms with Gasteiger partial charge in [-0.15, -0.1) is 0 Å². The topological polar surface area (TPSA) is 35.6 Å². The van der Waals surface area contributed by atoms with Crippen molar-refractivity contribution in [1.29, 1.82) is 0 Å². The van der Waals surface area contributed by atoms with Crippen molar-refractivity contribution in [2.24, 2.45) is 0 Å². The Labute approximate surface area is 149 Å². The van der Waals surface area contributed by atoms with Gasteiger partial charge >= 0.3 is 6.03 Å². The van der Waals surface area contributed by atoms with Crippen molar-refractivity contribution < 1.29 is 4.79 Å². The molecule has 2 amide bonds. The number of hydrogen-bond acceptors (Lipinski definition) is 2. The van der Waals surface area contributed by atoms with Crippen LogP contribution < -0.4 is 5.32 Å². The molecule has 2 aromatic rings. The summed E-state index contributed by atoms with van der Waals surface area (Å²) in [6, 6.07) is 15.7. The van der Waals surface area contributed by atoms with Gasteiger partial charge in [-0.1, -0.05) is 54.1 Å². The van der Waals surface area contributed by atoms with E-state index in [2.05, 4.69) is 22.3 Å². The number of carbonyl (C=O) groups excluding carboxylic acids is 1. The largest absolute Gasteiger partial charge is 0.334 e. The number of carbonyl (C=O) groups is 1. The molecule has 0 spiro atoms. The van der Waals surface area contributed by atoms with E-state index in [4.69, 9.17) is 11.6 Å². The molecule has 24 heavy (non-hydrogen) atoms. The lowest BCUT2D eigenvalue weighted by Crippen LogP contribution is -2.36. The third kappa shape index (κ3) is 5.55. The molecule has 0 unspecified atom stereocenters. The smallest absolute Gasteiger partial charge is 0.317 e. The Kier molecular flexibility index (Phi) is 6.64. The molecule has 0 aliphatic carbocycles. The van der Waals surface area contributed by atoms with E-state index in [9.17, 15) is 4.79 Å². The van der Waals surface area contributed by atoms with Crippen LogP contribution in [0.4, 0.5) is 4.79 Å². The monoisotopic (exact) mass is 345 g/mol. The fourth-order valence-electron chi connectivity index (χ4n) is 2.39. The first-order valence-electron chi connectivity index (χ1n) is 7.90. The molecule has 0 saturated heterocycles. The molecule has 0 bridgehead atoms. The third-order valence-corrected chi connectivity index (χ3v) is 4.05. The summed E-state index contributed by atoms with van der Waals surface area (Å²) < 4.78 is 0. The van der Waals surface area contributed by atoms with E-state index < -0.39 is 0 Å². The zero-order valence-electron chi connectivity index (χ0n) is 14.4. The first-order valence-corrected chi connectivity index (χ1v) is 8.28. The van der Waals surface area contributed by atoms with E-state index in [0.717, 1.165) is 17.7 Å². The lowest BCUT2D eigenvalue weighted by Gasteiger charge is -2.19. The molecule has 5 heteroatoms. The van der Waals surface area contributed by atoms with Crippen LogP contribution in [0.5, 0.6) is 0 Å². The molecule has 0 fully saturated rings. The second-order valence-electron chi connectivity index (χ2n) is 6.16. The standard InChI is InChI=1S/C19H24ClN3O/c1-22(2)13-16-10-8-15(9-11-16)12-21-19(24)23(3)14-17-6-4-5-7-18(17)20/h4-11H,12-14H2,1-3H3,(H,21,24). The number of urea groups is 1. The summed E-state index contributed by atoms with van der Waals surface area (Å²) in [5.74, 6) is 0. The highest BCUT2D eigenvalue weighted by Gasteiger charge is 2.10. The number of nitrogens with one attached hydrogen (secondary N) is 1. The fourth-order valence-corrected chi connectivity index (χ4v) is 2.59. The van der Waals surface area contributed by atoms with E-state index in [0.29, 0.717) is 18.1 Å². The summed E-state index contributed by atoms with van der Waals surface area (Å²) >= 11 is 6.13. The Morgan fingerprint density at radius 3 is 2.21 bits per heavy atom. The highest BCUT2D eigenvalue weighted by Crippen LogP contribution is 2.16. The van der Waals surface area contributed by atoms with E-state index in [1.807, 2.05) is 50.5 Å². The van der Waals surface area contributed by atoms with Gasteiger partial charge in [0.15, 0.2) is 0 Å². The van der Waals surface area contributed by atoms with E-state index in [1.54, 1.807) is 11.9 Å². The number of amides is 2. The highest BCUT2D eigenvalue weighted by atomic mass is 35.5. The zero-order valence-corrected chi connectivity index (χ0v) is 15.2. The Balaban J connectivity index is 1.85. The average molecular weight is 346 g/mol. The van der Waals surface area contributed by atoms with Crippen molar-refractivity contribution in [3.05, 3.63) is 70.2 Å². The predicted octanol–water partition coefficient (Wildman–Crippen LogP) is 3.74. The molecule has 4 nitrogen and oxygen atoms in total. The Bertz CT molecular complexity index is 671. The summed E-state index contributed by atoms with van der Waals surface area (Å²) in [5, 5.41) is 3.61. The first-order chi connectivity index (χ1) is 11.5. The van der Waals surface area contributed by atoms with Gasteiger partial charge in [0, 0.05) is 31.7 Å². The van der Waals surface area contributed by atoms with Gasteiger partial charge in [0.05, 0.1) is 0 Å². The molecule has 0 heterocycles. The molecule has 0 aromatic heterocycles. The summed E-state index contributed by atoms with van der Waals surface area (Å²) in [4.78, 5) is 16.0. The van der Waals surface area contributed by atoms with Crippen LogP contribution in [0.2, 0.25) is 5.02 Å². The van der Waals surface area contributed by atoms with Gasteiger partial charge in [0.1, 0.15) is 0 Å². The van der Waals surface area contributed by atoms with Crippen LogP contribution in [0.1, 0.15) is 16.7 Å². The zero-order chi connectivity index (χ0) is 17.5. The highest BCUT2D eigenvalue weighted by molar-refractivity contribution is 6.31. The van der Waals surface area contributed by atoms with E-state index >= 15 is 0 Å². The number of nitrogens with zero attached hydrogens (tertiary/aromatic N) is 2. The molecule has 0 atom stereocenters. The molecule has 0 aliphatic heterocycles. The molecule has 128 valence electrons. The molecule has 0 aliphatic rings. The van der Waals surface area contributed by atoms with Crippen molar-refractivity contribution in [3.63, 3.8) is 0 Å². The summed E-state index contributed by atoms with van der Waals surface area (Å²) in [7, 11) is 5.85. The van der Waals surface area contributed by atoms with Crippen molar-refractivity contribution in [3.8, 4) is 0 Å². The van der Waals surface area contributed by atoms with Crippen molar-refractivity contribution in [2.75, 3.05) is 21.1 Å². The maximum absolute atomic E-state index is 12.2. The lowest BCUT2D eigenvalue weighted by molar-refractivity contribution is 0.206. The summed E-state index contributed by atoms with van der Waals surface area (Å²) in [6.45, 7) is 1.90. The van der Waals surface area contributed by atoms with Gasteiger partial charge in [-0.3, -0.25) is 0 Å². The summed E-state index contributed by atoms with van der Waals surface area (Å²) in [5.41, 5.74) is 3.27. The van der Waals surface area contributed by atoms with Gasteiger partial charge in [-0.05, 0) is 36.9 Å². The van der Waals surface area contributed by atoms with Crippen LogP contribution in [-0.4, -0.2) is 37.0 Å². The minimum Gasteiger partial charge on any atom is -0.334 e. The number of hydrogen-bond donors (Lipinski definition) is 1. The number of rotatable bonds is 6. The average Bonchev–Trinajstić information content (AvgIpc) is 2.55. The number of halogens is 1. The molecule has 1 N–H and O–H groups in total. The quantitative estimate of drug-likeness (QED) is 0.865. The van der Waals surface area contributed by atoms with Gasteiger partial charge in [0.2, 0.25) is 0 Å². The molecular weight excluding hydrogens is 322 g/mol. The maximum Gasteiger partial charge on any atom is 0.317 e. The maximum atomic E-state index is 12.2. The minimum atomic E-state index is -0.118. The molecule has 0 saturated carbocycles. The van der Waals surface area contributed by atoms with Crippen LogP contribution in [0.3, 0.4) is 0 Å². The van der Waals surface area contributed by atoms with Gasteiger partial charge in [0.25, 0.3) is 0 Å². The van der Waals surface area contributed by atoms with Crippen LogP contribution in [-0.2, 0) is 19.6 Å². The summed E-state index contributed by atoms with van der Waals surface area (Å²) in [6.07, 6.45) is 0. The first kappa shape index (κ1) is 18.3. The molecule has 2 rings (SSSR count). The predicted molar refractivity (Wildman–Crippen MR) is 99.0 cm³/mol. The molecular formula is C19H24ClN3O. The van der Waals surface area contributed by atoms with Gasteiger partial charge in [-0.2, -0.15) is 0 Å². The Morgan fingerprint density at radius 1 is 0.958 bits per heavy atom. The van der Waals surface area contributed by atoms with Gasteiger partial charge in [-0.25, -0.2) is 4.79 Å². The molecule has 2 aromatic carbocycles. The van der Waals surface area contributed by atoms with Crippen molar-refractivity contribution in [2.45, 2.75) is 19.6 Å². The number of benzene rings is 2. The Morgan fingerprint density at radius 2 is 1.58 bits per heavy atom. The fraction of sp³-hybridized carbons (Fsp3) is 0.316. The second kappa shape index (κ2) is 8.71. The second-order valence-corrected chi connectivity index (χ2v) is 6.57. The molecule has 0 radical (unpaired) electrons. The van der Waals surface area contributed by atoms with Crippen molar-refractivity contribution in [1.82, 2.24) is 15.1 Å². The van der Waals surface area contributed by atoms with E-state index in [-0.39, 0.29) is 6.03 Å². The van der Waals surface area contributed by atoms with Crippen LogP contribution >= 0.6 is 11.6 Å². The lowest BCUT2D eigenvalue weighted by atomic mass is 10.1. The normalized spacial score (nSPS) is 10.7. The Hall–Kier alpha value is -2.04. The van der Waals surface area contributed by atoms with Crippen LogP contribution in [0.25, 0.3) is 0 Å². The van der Waals surface area contributed by atoms with Crippen LogP contribution in [0, 0.1) is 0 Å². The third-order valence-electron chi connectivity index (χ3n) is 3.68. The minimum absolute atomic E-state index is 0.118. The van der Waals surface area contributed by atoms with Crippen LogP contribution in [0.15, 0.2) is 48.5 Å². The SMILES string of the molecule is CN(C)Cc1ccc(CNC(=O)N(C)Cc2ccccc2Cl)cc1.